The number of alkyl halides is 3. The molecule has 0 saturated carbocycles. The molecule has 0 unspecified atom stereocenters. The highest BCUT2D eigenvalue weighted by Crippen LogP contribution is 2.32. The second-order valence-corrected chi connectivity index (χ2v) is 9.35. The Morgan fingerprint density at radius 2 is 1.91 bits per heavy atom. The molecule has 172 valence electrons. The van der Waals surface area contributed by atoms with Gasteiger partial charge in [0.2, 0.25) is 0 Å². The van der Waals surface area contributed by atoms with Gasteiger partial charge in [-0.25, -0.2) is 18.4 Å². The highest BCUT2D eigenvalue weighted by atomic mass is 35.5. The first-order valence-electron chi connectivity index (χ1n) is 9.67. The molecule has 4 rings (SSSR count). The number of pyridine rings is 2. The molecule has 0 saturated heterocycles. The molecule has 2 aromatic heterocycles. The van der Waals surface area contributed by atoms with Crippen molar-refractivity contribution in [1.82, 2.24) is 9.97 Å². The number of benzene rings is 1. The largest absolute Gasteiger partial charge is 0.416 e. The Morgan fingerprint density at radius 1 is 1.12 bits per heavy atom. The third-order valence-electron chi connectivity index (χ3n) is 4.97. The SMILES string of the molecule is O=C(c1ncc(Cl)cc1NS(=O)(=O)c1cccc(C(F)(F)F)c1)N1CCCc2cccnc21. The van der Waals surface area contributed by atoms with Crippen LogP contribution in [-0.2, 0) is 22.6 Å². The van der Waals surface area contributed by atoms with E-state index in [9.17, 15) is 26.4 Å². The van der Waals surface area contributed by atoms with Crippen molar-refractivity contribution in [2.24, 2.45) is 0 Å². The van der Waals surface area contributed by atoms with Crippen LogP contribution in [0, 0.1) is 0 Å². The fraction of sp³-hybridized carbons (Fsp3) is 0.190. The van der Waals surface area contributed by atoms with E-state index in [2.05, 4.69) is 14.7 Å². The highest BCUT2D eigenvalue weighted by Gasteiger charge is 2.32. The van der Waals surface area contributed by atoms with Crippen LogP contribution in [0.3, 0.4) is 0 Å². The number of carbonyl (C=O) groups excluding carboxylic acids is 1. The van der Waals surface area contributed by atoms with E-state index >= 15 is 0 Å². The maximum absolute atomic E-state index is 13.3. The Labute approximate surface area is 192 Å². The number of fused-ring (bicyclic) bond motifs is 1. The monoisotopic (exact) mass is 496 g/mol. The fourth-order valence-electron chi connectivity index (χ4n) is 3.46. The summed E-state index contributed by atoms with van der Waals surface area (Å²) in [5, 5.41) is 0.0328. The van der Waals surface area contributed by atoms with Crippen molar-refractivity contribution in [1.29, 1.82) is 0 Å². The molecule has 0 spiro atoms. The van der Waals surface area contributed by atoms with Gasteiger partial charge >= 0.3 is 6.18 Å². The van der Waals surface area contributed by atoms with Gasteiger partial charge in [-0.15, -0.1) is 0 Å². The second-order valence-electron chi connectivity index (χ2n) is 7.23. The number of rotatable bonds is 4. The Balaban J connectivity index is 1.71. The lowest BCUT2D eigenvalue weighted by Gasteiger charge is -2.28. The van der Waals surface area contributed by atoms with E-state index in [-0.39, 0.29) is 16.4 Å². The van der Waals surface area contributed by atoms with E-state index in [1.165, 1.54) is 23.4 Å². The predicted octanol–water partition coefficient (Wildman–Crippen LogP) is 4.54. The number of nitrogens with zero attached hydrogens (tertiary/aromatic N) is 3. The van der Waals surface area contributed by atoms with Gasteiger partial charge in [-0.3, -0.25) is 14.4 Å². The summed E-state index contributed by atoms with van der Waals surface area (Å²) in [6.07, 6.45) is -0.602. The minimum Gasteiger partial charge on any atom is -0.291 e. The molecule has 1 aliphatic heterocycles. The van der Waals surface area contributed by atoms with Gasteiger partial charge in [-0.05, 0) is 48.7 Å². The lowest BCUT2D eigenvalue weighted by Crippen LogP contribution is -2.37. The van der Waals surface area contributed by atoms with Gasteiger partial charge in [0.05, 0.1) is 21.2 Å². The highest BCUT2D eigenvalue weighted by molar-refractivity contribution is 7.92. The molecule has 1 aromatic carbocycles. The van der Waals surface area contributed by atoms with Gasteiger partial charge in [0.25, 0.3) is 15.9 Å². The quantitative estimate of drug-likeness (QED) is 0.572. The molecule has 1 aliphatic rings. The molecule has 0 fully saturated rings. The van der Waals surface area contributed by atoms with Crippen molar-refractivity contribution in [3.63, 3.8) is 0 Å². The Morgan fingerprint density at radius 3 is 2.67 bits per heavy atom. The first-order chi connectivity index (χ1) is 15.6. The molecule has 12 heteroatoms. The van der Waals surface area contributed by atoms with Crippen LogP contribution in [0.1, 0.15) is 28.0 Å². The van der Waals surface area contributed by atoms with Crippen molar-refractivity contribution in [2.75, 3.05) is 16.2 Å². The fourth-order valence-corrected chi connectivity index (χ4v) is 4.72. The number of aromatic nitrogens is 2. The summed E-state index contributed by atoms with van der Waals surface area (Å²) in [6.45, 7) is 0.340. The minimum absolute atomic E-state index is 0.0328. The summed E-state index contributed by atoms with van der Waals surface area (Å²) in [5.41, 5.74) is -0.777. The van der Waals surface area contributed by atoms with Crippen molar-refractivity contribution in [3.05, 3.63) is 76.7 Å². The number of carbonyl (C=O) groups is 1. The van der Waals surface area contributed by atoms with Crippen molar-refractivity contribution in [3.8, 4) is 0 Å². The summed E-state index contributed by atoms with van der Waals surface area (Å²) in [7, 11) is -4.50. The molecule has 1 N–H and O–H groups in total. The van der Waals surface area contributed by atoms with E-state index in [0.29, 0.717) is 24.8 Å². The number of hydrogen-bond donors (Lipinski definition) is 1. The van der Waals surface area contributed by atoms with Crippen LogP contribution in [0.2, 0.25) is 5.02 Å². The van der Waals surface area contributed by atoms with E-state index in [1.54, 1.807) is 6.07 Å². The molecule has 0 aliphatic carbocycles. The summed E-state index contributed by atoms with van der Waals surface area (Å²) in [6, 6.07) is 8.03. The first kappa shape index (κ1) is 23.0. The van der Waals surface area contributed by atoms with Gasteiger partial charge in [0, 0.05) is 18.9 Å². The van der Waals surface area contributed by atoms with Crippen LogP contribution >= 0.6 is 11.6 Å². The summed E-state index contributed by atoms with van der Waals surface area (Å²) in [5.74, 6) is -0.176. The van der Waals surface area contributed by atoms with Crippen LogP contribution in [0.5, 0.6) is 0 Å². The van der Waals surface area contributed by atoms with Gasteiger partial charge in [-0.2, -0.15) is 13.2 Å². The standard InChI is InChI=1S/C21H16ClF3N4O3S/c22-15-11-17(28-33(31,32)16-7-1-6-14(10-16)21(23,24)25)18(27-12-15)20(30)29-9-3-5-13-4-2-8-26-19(13)29/h1-2,4,6-8,10-12,28H,3,5,9H2. The van der Waals surface area contributed by atoms with E-state index < -0.39 is 32.6 Å². The molecule has 1 amide bonds. The molecule has 0 bridgehead atoms. The molecule has 33 heavy (non-hydrogen) atoms. The molecule has 0 radical (unpaired) electrons. The first-order valence-corrected chi connectivity index (χ1v) is 11.5. The Hall–Kier alpha value is -3.18. The normalized spacial score (nSPS) is 14.0. The lowest BCUT2D eigenvalue weighted by molar-refractivity contribution is -0.137. The Bertz CT molecular complexity index is 1330. The maximum atomic E-state index is 13.3. The van der Waals surface area contributed by atoms with Crippen LogP contribution < -0.4 is 9.62 Å². The third kappa shape index (κ3) is 4.79. The third-order valence-corrected chi connectivity index (χ3v) is 6.54. The smallest absolute Gasteiger partial charge is 0.291 e. The van der Waals surface area contributed by atoms with Crippen molar-refractivity contribution in [2.45, 2.75) is 23.9 Å². The molecule has 0 atom stereocenters. The number of halogens is 4. The lowest BCUT2D eigenvalue weighted by atomic mass is 10.1. The van der Waals surface area contributed by atoms with Gasteiger partial charge in [0.1, 0.15) is 5.82 Å². The number of amides is 1. The summed E-state index contributed by atoms with van der Waals surface area (Å²) < 4.78 is 67.0. The van der Waals surface area contributed by atoms with E-state index in [4.69, 9.17) is 11.6 Å². The van der Waals surface area contributed by atoms with E-state index in [1.807, 2.05) is 6.07 Å². The number of hydrogen-bond acceptors (Lipinski definition) is 5. The number of anilines is 2. The molecule has 7 nitrogen and oxygen atoms in total. The number of aryl methyl sites for hydroxylation is 1. The van der Waals surface area contributed by atoms with Crippen molar-refractivity contribution < 1.29 is 26.4 Å². The van der Waals surface area contributed by atoms with Gasteiger partial charge in [-0.1, -0.05) is 23.7 Å². The van der Waals surface area contributed by atoms with Crippen LogP contribution in [0.4, 0.5) is 24.7 Å². The zero-order chi connectivity index (χ0) is 23.8. The second kappa shape index (κ2) is 8.64. The summed E-state index contributed by atoms with van der Waals surface area (Å²) >= 11 is 5.96. The molecular formula is C21H16ClF3N4O3S. The number of nitrogens with one attached hydrogen (secondary N) is 1. The minimum atomic E-state index is -4.72. The topological polar surface area (TPSA) is 92.3 Å². The van der Waals surface area contributed by atoms with Gasteiger partial charge < -0.3 is 0 Å². The Kier molecular flexibility index (Phi) is 6.02. The van der Waals surface area contributed by atoms with Crippen LogP contribution in [0.25, 0.3) is 0 Å². The predicted molar refractivity (Wildman–Crippen MR) is 116 cm³/mol. The van der Waals surface area contributed by atoms with Crippen LogP contribution in [0.15, 0.2) is 59.8 Å². The van der Waals surface area contributed by atoms with E-state index in [0.717, 1.165) is 30.2 Å². The molecule has 3 aromatic rings. The molecule has 3 heterocycles. The zero-order valence-electron chi connectivity index (χ0n) is 16.8. The summed E-state index contributed by atoms with van der Waals surface area (Å²) in [4.78, 5) is 22.3. The van der Waals surface area contributed by atoms with Crippen molar-refractivity contribution >= 4 is 39.0 Å². The maximum Gasteiger partial charge on any atom is 0.416 e. The van der Waals surface area contributed by atoms with Gasteiger partial charge in [0.15, 0.2) is 5.69 Å². The van der Waals surface area contributed by atoms with Crippen LogP contribution in [-0.4, -0.2) is 30.8 Å². The molecular weight excluding hydrogens is 481 g/mol. The average Bonchev–Trinajstić information content (AvgIpc) is 2.78. The average molecular weight is 497 g/mol. The zero-order valence-corrected chi connectivity index (χ0v) is 18.4. The number of sulfonamides is 1.